The third kappa shape index (κ3) is 5.34. The molecule has 1 saturated heterocycles. The van der Waals surface area contributed by atoms with E-state index in [1.54, 1.807) is 12.4 Å². The van der Waals surface area contributed by atoms with Crippen molar-refractivity contribution < 1.29 is 4.79 Å². The Morgan fingerprint density at radius 2 is 1.61 bits per heavy atom. The molecule has 1 amide bonds. The lowest BCUT2D eigenvalue weighted by Crippen LogP contribution is -2.50. The average molecular weight is 499 g/mol. The van der Waals surface area contributed by atoms with Crippen LogP contribution in [0.3, 0.4) is 0 Å². The summed E-state index contributed by atoms with van der Waals surface area (Å²) in [5, 5.41) is 9.46. The van der Waals surface area contributed by atoms with E-state index in [1.807, 2.05) is 42.2 Å². The Labute approximate surface area is 216 Å². The van der Waals surface area contributed by atoms with Gasteiger partial charge in [0.1, 0.15) is 0 Å². The van der Waals surface area contributed by atoms with E-state index in [9.17, 15) is 4.79 Å². The topological polar surface area (TPSA) is 67.2 Å². The van der Waals surface area contributed by atoms with E-state index in [4.69, 9.17) is 0 Å². The van der Waals surface area contributed by atoms with Crippen LogP contribution in [0.4, 0.5) is 0 Å². The molecule has 184 valence electrons. The van der Waals surface area contributed by atoms with Gasteiger partial charge in [0.25, 0.3) is 0 Å². The normalized spacial score (nSPS) is 15.1. The third-order valence-electron chi connectivity index (χ3n) is 6.49. The van der Waals surface area contributed by atoms with Crippen molar-refractivity contribution in [2.45, 2.75) is 30.8 Å². The van der Waals surface area contributed by atoms with E-state index in [1.165, 1.54) is 17.3 Å². The van der Waals surface area contributed by atoms with E-state index >= 15 is 0 Å². The minimum Gasteiger partial charge on any atom is -0.339 e. The van der Waals surface area contributed by atoms with Gasteiger partial charge in [0.2, 0.25) is 5.91 Å². The van der Waals surface area contributed by atoms with Gasteiger partial charge in [-0.15, -0.1) is 10.2 Å². The first-order chi connectivity index (χ1) is 17.6. The number of hydrogen-bond acceptors (Lipinski definition) is 6. The van der Waals surface area contributed by atoms with Crippen LogP contribution in [0, 0.1) is 6.92 Å². The number of para-hydroxylation sites is 1. The van der Waals surface area contributed by atoms with Gasteiger partial charge < -0.3 is 4.90 Å². The molecule has 7 nitrogen and oxygen atoms in total. The van der Waals surface area contributed by atoms with Crippen LogP contribution >= 0.6 is 11.8 Å². The molecule has 1 unspecified atom stereocenters. The van der Waals surface area contributed by atoms with Crippen molar-refractivity contribution in [2.24, 2.45) is 0 Å². The number of thioether (sulfide) groups is 1. The number of aryl methyl sites for hydroxylation is 1. The SMILES string of the molecule is Cc1ccccc1-n1c(SC(C)C(=O)N2CCN(Cc3ccccc3)CC2)nnc1-c1ccncc1. The Morgan fingerprint density at radius 1 is 0.917 bits per heavy atom. The number of nitrogens with zero attached hydrogens (tertiary/aromatic N) is 6. The Kier molecular flexibility index (Phi) is 7.44. The Hall–Kier alpha value is -3.49. The van der Waals surface area contributed by atoms with Gasteiger partial charge in [-0.05, 0) is 43.2 Å². The van der Waals surface area contributed by atoms with Crippen LogP contribution in [0.2, 0.25) is 0 Å². The second kappa shape index (κ2) is 11.1. The quantitative estimate of drug-likeness (QED) is 0.351. The first-order valence-electron chi connectivity index (χ1n) is 12.2. The molecule has 8 heteroatoms. The van der Waals surface area contributed by atoms with Crippen molar-refractivity contribution >= 4 is 17.7 Å². The lowest BCUT2D eigenvalue weighted by molar-refractivity contribution is -0.132. The van der Waals surface area contributed by atoms with Crippen molar-refractivity contribution in [1.29, 1.82) is 0 Å². The van der Waals surface area contributed by atoms with Crippen LogP contribution < -0.4 is 0 Å². The van der Waals surface area contributed by atoms with Gasteiger partial charge in [0.15, 0.2) is 11.0 Å². The number of benzene rings is 2. The second-order valence-electron chi connectivity index (χ2n) is 9.01. The summed E-state index contributed by atoms with van der Waals surface area (Å²) in [4.78, 5) is 21.9. The molecule has 1 aliphatic rings. The zero-order valence-electron chi connectivity index (χ0n) is 20.6. The maximum atomic E-state index is 13.4. The molecule has 1 atom stereocenters. The molecule has 3 heterocycles. The summed E-state index contributed by atoms with van der Waals surface area (Å²) in [5.74, 6) is 0.882. The van der Waals surface area contributed by atoms with Crippen LogP contribution in [-0.4, -0.2) is 66.9 Å². The van der Waals surface area contributed by atoms with E-state index in [-0.39, 0.29) is 11.2 Å². The molecule has 0 aliphatic carbocycles. The number of carbonyl (C=O) groups excluding carboxylic acids is 1. The van der Waals surface area contributed by atoms with Gasteiger partial charge in [-0.1, -0.05) is 60.3 Å². The summed E-state index contributed by atoms with van der Waals surface area (Å²) in [7, 11) is 0. The van der Waals surface area contributed by atoms with Crippen LogP contribution in [0.5, 0.6) is 0 Å². The number of aromatic nitrogens is 4. The molecular weight excluding hydrogens is 468 g/mol. The minimum atomic E-state index is -0.275. The molecule has 0 N–H and O–H groups in total. The van der Waals surface area contributed by atoms with Crippen molar-refractivity contribution in [1.82, 2.24) is 29.5 Å². The predicted molar refractivity (Wildman–Crippen MR) is 143 cm³/mol. The lowest BCUT2D eigenvalue weighted by Gasteiger charge is -2.35. The number of hydrogen-bond donors (Lipinski definition) is 0. The Balaban J connectivity index is 1.30. The number of pyridine rings is 1. The second-order valence-corrected chi connectivity index (χ2v) is 10.3. The monoisotopic (exact) mass is 498 g/mol. The fourth-order valence-corrected chi connectivity index (χ4v) is 5.44. The Bertz CT molecular complexity index is 1300. The molecule has 1 aliphatic heterocycles. The molecular formula is C28H30N6OS. The minimum absolute atomic E-state index is 0.143. The standard InChI is InChI=1S/C28H30N6OS/c1-21-8-6-7-11-25(21)34-26(24-12-14-29-15-13-24)30-31-28(34)36-22(2)27(35)33-18-16-32(17-19-33)20-23-9-4-3-5-10-23/h3-15,22H,16-20H2,1-2H3. The van der Waals surface area contributed by atoms with Gasteiger partial charge in [0, 0.05) is 50.7 Å². The molecule has 0 saturated carbocycles. The zero-order valence-corrected chi connectivity index (χ0v) is 21.4. The van der Waals surface area contributed by atoms with E-state index < -0.39 is 0 Å². The highest BCUT2D eigenvalue weighted by atomic mass is 32.2. The maximum absolute atomic E-state index is 13.4. The molecule has 5 rings (SSSR count). The van der Waals surface area contributed by atoms with Crippen molar-refractivity contribution in [3.63, 3.8) is 0 Å². The van der Waals surface area contributed by atoms with Crippen molar-refractivity contribution in [2.75, 3.05) is 26.2 Å². The molecule has 0 spiro atoms. The predicted octanol–water partition coefficient (Wildman–Crippen LogP) is 4.46. The van der Waals surface area contributed by atoms with Gasteiger partial charge in [-0.25, -0.2) is 0 Å². The third-order valence-corrected chi connectivity index (χ3v) is 7.52. The summed E-state index contributed by atoms with van der Waals surface area (Å²) in [6.45, 7) is 8.19. The average Bonchev–Trinajstić information content (AvgIpc) is 3.33. The molecule has 2 aromatic heterocycles. The number of rotatable bonds is 7. The van der Waals surface area contributed by atoms with Crippen molar-refractivity contribution in [3.8, 4) is 17.1 Å². The van der Waals surface area contributed by atoms with Gasteiger partial charge in [0.05, 0.1) is 10.9 Å². The van der Waals surface area contributed by atoms with E-state index in [0.717, 1.165) is 55.4 Å². The molecule has 0 radical (unpaired) electrons. The van der Waals surface area contributed by atoms with Crippen molar-refractivity contribution in [3.05, 3.63) is 90.3 Å². The molecule has 36 heavy (non-hydrogen) atoms. The van der Waals surface area contributed by atoms with E-state index in [0.29, 0.717) is 5.16 Å². The van der Waals surface area contributed by atoms with Gasteiger partial charge in [-0.3, -0.25) is 19.2 Å². The highest BCUT2D eigenvalue weighted by molar-refractivity contribution is 8.00. The van der Waals surface area contributed by atoms with Crippen LogP contribution in [0.25, 0.3) is 17.1 Å². The van der Waals surface area contributed by atoms with Crippen LogP contribution in [0.15, 0.2) is 84.3 Å². The summed E-state index contributed by atoms with van der Waals surface area (Å²) in [6, 6.07) is 22.5. The maximum Gasteiger partial charge on any atom is 0.235 e. The number of carbonyl (C=O) groups is 1. The number of piperazine rings is 1. The molecule has 0 bridgehead atoms. The van der Waals surface area contributed by atoms with Crippen LogP contribution in [0.1, 0.15) is 18.1 Å². The highest BCUT2D eigenvalue weighted by Gasteiger charge is 2.28. The largest absolute Gasteiger partial charge is 0.339 e. The van der Waals surface area contributed by atoms with Gasteiger partial charge in [-0.2, -0.15) is 0 Å². The summed E-state index contributed by atoms with van der Waals surface area (Å²) >= 11 is 1.46. The highest BCUT2D eigenvalue weighted by Crippen LogP contribution is 2.31. The molecule has 4 aromatic rings. The first kappa shape index (κ1) is 24.2. The zero-order chi connectivity index (χ0) is 24.9. The summed E-state index contributed by atoms with van der Waals surface area (Å²) in [6.07, 6.45) is 3.51. The van der Waals surface area contributed by atoms with Gasteiger partial charge >= 0.3 is 0 Å². The van der Waals surface area contributed by atoms with Crippen LogP contribution in [-0.2, 0) is 11.3 Å². The molecule has 2 aromatic carbocycles. The fourth-order valence-electron chi connectivity index (χ4n) is 4.50. The van der Waals surface area contributed by atoms with E-state index in [2.05, 4.69) is 68.0 Å². The summed E-state index contributed by atoms with van der Waals surface area (Å²) < 4.78 is 2.05. The Morgan fingerprint density at radius 3 is 2.33 bits per heavy atom. The number of amides is 1. The smallest absolute Gasteiger partial charge is 0.235 e. The first-order valence-corrected chi connectivity index (χ1v) is 13.1. The lowest BCUT2D eigenvalue weighted by atomic mass is 10.2. The fraction of sp³-hybridized carbons (Fsp3) is 0.286. The molecule has 1 fully saturated rings. The summed E-state index contributed by atoms with van der Waals surface area (Å²) in [5.41, 5.74) is 4.36.